The van der Waals surface area contributed by atoms with Gasteiger partial charge in [0.15, 0.2) is 11.1 Å². The minimum absolute atomic E-state index is 0.0189. The lowest BCUT2D eigenvalue weighted by Gasteiger charge is -2.04. The molecule has 9 heteroatoms. The first-order valence-corrected chi connectivity index (χ1v) is 6.08. The second kappa shape index (κ2) is 5.99. The van der Waals surface area contributed by atoms with Crippen LogP contribution >= 0.6 is 0 Å². The van der Waals surface area contributed by atoms with Crippen molar-refractivity contribution in [1.29, 1.82) is 0 Å². The summed E-state index contributed by atoms with van der Waals surface area (Å²) in [6, 6.07) is 1.34. The monoisotopic (exact) mass is 291 g/mol. The van der Waals surface area contributed by atoms with Gasteiger partial charge in [-0.25, -0.2) is 9.48 Å². The molecule has 0 aliphatic heterocycles. The molecule has 0 fully saturated rings. The smallest absolute Gasteiger partial charge is 0.358 e. The summed E-state index contributed by atoms with van der Waals surface area (Å²) in [5.41, 5.74) is 0.153. The van der Waals surface area contributed by atoms with E-state index in [0.29, 0.717) is 5.69 Å². The van der Waals surface area contributed by atoms with Crippen LogP contribution in [0.3, 0.4) is 0 Å². The van der Waals surface area contributed by atoms with E-state index < -0.39 is 11.9 Å². The molecule has 0 saturated carbocycles. The topological polar surface area (TPSA) is 130 Å². The Morgan fingerprint density at radius 2 is 2.24 bits per heavy atom. The molecule has 0 spiro atoms. The predicted octanol–water partition coefficient (Wildman–Crippen LogP) is -0.597. The SMILES string of the molecule is Cc1cc(=O)c(C(=O)NCCn2cc(C(=O)O)nn2)c[nH]1. The Hall–Kier alpha value is -2.97. The number of hydrogen-bond donors (Lipinski definition) is 3. The van der Waals surface area contributed by atoms with Crippen LogP contribution in [-0.2, 0) is 6.54 Å². The number of rotatable bonds is 5. The van der Waals surface area contributed by atoms with Crippen molar-refractivity contribution >= 4 is 11.9 Å². The van der Waals surface area contributed by atoms with E-state index >= 15 is 0 Å². The fourth-order valence-corrected chi connectivity index (χ4v) is 1.64. The normalized spacial score (nSPS) is 10.3. The van der Waals surface area contributed by atoms with Crippen molar-refractivity contribution in [2.45, 2.75) is 13.5 Å². The molecule has 0 saturated heterocycles. The number of nitrogens with one attached hydrogen (secondary N) is 2. The molecule has 21 heavy (non-hydrogen) atoms. The molecule has 0 aliphatic carbocycles. The summed E-state index contributed by atoms with van der Waals surface area (Å²) in [5.74, 6) is -1.67. The Bertz CT molecular complexity index is 733. The second-order valence-corrected chi connectivity index (χ2v) is 4.32. The summed E-state index contributed by atoms with van der Waals surface area (Å²) >= 11 is 0. The second-order valence-electron chi connectivity index (χ2n) is 4.32. The number of carboxylic acids is 1. The minimum atomic E-state index is -1.17. The number of carboxylic acid groups (broad SMARTS) is 1. The molecule has 0 unspecified atom stereocenters. The van der Waals surface area contributed by atoms with Crippen LogP contribution in [0.2, 0.25) is 0 Å². The van der Waals surface area contributed by atoms with Gasteiger partial charge < -0.3 is 15.4 Å². The fraction of sp³-hybridized carbons (Fsp3) is 0.250. The van der Waals surface area contributed by atoms with Gasteiger partial charge in [0.1, 0.15) is 5.56 Å². The number of aromatic amines is 1. The summed E-state index contributed by atoms with van der Waals surface area (Å²) in [4.78, 5) is 36.8. The Morgan fingerprint density at radius 3 is 2.86 bits per heavy atom. The van der Waals surface area contributed by atoms with E-state index in [2.05, 4.69) is 20.6 Å². The number of carbonyl (C=O) groups excluding carboxylic acids is 1. The Balaban J connectivity index is 1.92. The van der Waals surface area contributed by atoms with Gasteiger partial charge in [0.25, 0.3) is 5.91 Å². The Kier molecular flexibility index (Phi) is 4.12. The maximum Gasteiger partial charge on any atom is 0.358 e. The molecule has 0 aliphatic rings. The third-order valence-electron chi connectivity index (χ3n) is 2.69. The minimum Gasteiger partial charge on any atom is -0.476 e. The lowest BCUT2D eigenvalue weighted by Crippen LogP contribution is -2.31. The van der Waals surface area contributed by atoms with Crippen molar-refractivity contribution in [3.63, 3.8) is 0 Å². The van der Waals surface area contributed by atoms with Gasteiger partial charge in [-0.3, -0.25) is 9.59 Å². The summed E-state index contributed by atoms with van der Waals surface area (Å²) in [6.45, 7) is 2.15. The van der Waals surface area contributed by atoms with Gasteiger partial charge in [-0.05, 0) is 6.92 Å². The molecule has 0 aromatic carbocycles. The van der Waals surface area contributed by atoms with Crippen molar-refractivity contribution in [2.75, 3.05) is 6.54 Å². The van der Waals surface area contributed by atoms with Crippen molar-refractivity contribution in [3.05, 3.63) is 45.6 Å². The standard InChI is InChI=1S/C12H13N5O4/c1-7-4-10(18)8(5-14-7)11(19)13-2-3-17-6-9(12(20)21)15-16-17/h4-6H,2-3H2,1H3,(H,13,19)(H,14,18)(H,20,21). The third kappa shape index (κ3) is 3.53. The zero-order valence-corrected chi connectivity index (χ0v) is 11.2. The van der Waals surface area contributed by atoms with E-state index in [1.165, 1.54) is 23.1 Å². The van der Waals surface area contributed by atoms with E-state index in [1.807, 2.05) is 0 Å². The van der Waals surface area contributed by atoms with E-state index in [9.17, 15) is 14.4 Å². The molecule has 9 nitrogen and oxygen atoms in total. The first-order chi connectivity index (χ1) is 9.97. The first kappa shape index (κ1) is 14.4. The molecule has 1 amide bonds. The summed E-state index contributed by atoms with van der Waals surface area (Å²) in [7, 11) is 0. The van der Waals surface area contributed by atoms with Crippen LogP contribution in [0.1, 0.15) is 26.5 Å². The highest BCUT2D eigenvalue weighted by molar-refractivity contribution is 5.93. The molecule has 2 aromatic rings. The van der Waals surface area contributed by atoms with Crippen LogP contribution in [0.25, 0.3) is 0 Å². The van der Waals surface area contributed by atoms with Crippen LogP contribution in [0.5, 0.6) is 0 Å². The van der Waals surface area contributed by atoms with Crippen LogP contribution in [0.4, 0.5) is 0 Å². The summed E-state index contributed by atoms with van der Waals surface area (Å²) in [5, 5.41) is 18.3. The summed E-state index contributed by atoms with van der Waals surface area (Å²) in [6.07, 6.45) is 2.61. The number of aryl methyl sites for hydroxylation is 1. The maximum absolute atomic E-state index is 11.8. The van der Waals surface area contributed by atoms with E-state index in [-0.39, 0.29) is 29.8 Å². The lowest BCUT2D eigenvalue weighted by atomic mass is 10.2. The number of aromatic carboxylic acids is 1. The van der Waals surface area contributed by atoms with Gasteiger partial charge in [0.05, 0.1) is 12.7 Å². The van der Waals surface area contributed by atoms with Crippen LogP contribution < -0.4 is 10.7 Å². The van der Waals surface area contributed by atoms with Crippen molar-refractivity contribution in [3.8, 4) is 0 Å². The third-order valence-corrected chi connectivity index (χ3v) is 2.69. The molecular weight excluding hydrogens is 278 g/mol. The van der Waals surface area contributed by atoms with Crippen molar-refractivity contribution in [1.82, 2.24) is 25.3 Å². The number of carbonyl (C=O) groups is 2. The van der Waals surface area contributed by atoms with Gasteiger partial charge >= 0.3 is 5.97 Å². The van der Waals surface area contributed by atoms with Gasteiger partial charge in [-0.2, -0.15) is 0 Å². The van der Waals surface area contributed by atoms with Gasteiger partial charge in [0.2, 0.25) is 0 Å². The molecule has 3 N–H and O–H groups in total. The molecule has 2 rings (SSSR count). The molecule has 0 radical (unpaired) electrons. The molecule has 110 valence electrons. The van der Waals surface area contributed by atoms with Crippen molar-refractivity contribution in [2.24, 2.45) is 0 Å². The lowest BCUT2D eigenvalue weighted by molar-refractivity contribution is 0.0690. The average Bonchev–Trinajstić information content (AvgIpc) is 2.87. The molecule has 0 bridgehead atoms. The number of amides is 1. The predicted molar refractivity (Wildman–Crippen MR) is 71.1 cm³/mol. The molecule has 2 aromatic heterocycles. The highest BCUT2D eigenvalue weighted by atomic mass is 16.4. The highest BCUT2D eigenvalue weighted by Gasteiger charge is 2.11. The zero-order valence-electron chi connectivity index (χ0n) is 11.2. The van der Waals surface area contributed by atoms with Crippen LogP contribution in [0.15, 0.2) is 23.3 Å². The van der Waals surface area contributed by atoms with Gasteiger partial charge in [-0.1, -0.05) is 5.21 Å². The van der Waals surface area contributed by atoms with E-state index in [1.54, 1.807) is 6.92 Å². The van der Waals surface area contributed by atoms with Crippen LogP contribution in [0, 0.1) is 6.92 Å². The Labute approximate surface area is 118 Å². The molecule has 0 atom stereocenters. The van der Waals surface area contributed by atoms with Gasteiger partial charge in [0, 0.05) is 24.5 Å². The zero-order chi connectivity index (χ0) is 15.4. The van der Waals surface area contributed by atoms with Crippen molar-refractivity contribution < 1.29 is 14.7 Å². The molecule has 2 heterocycles. The largest absolute Gasteiger partial charge is 0.476 e. The Morgan fingerprint density at radius 1 is 1.48 bits per heavy atom. The number of hydrogen-bond acceptors (Lipinski definition) is 5. The number of H-pyrrole nitrogens is 1. The van der Waals surface area contributed by atoms with E-state index in [0.717, 1.165) is 0 Å². The number of pyridine rings is 1. The van der Waals surface area contributed by atoms with E-state index in [4.69, 9.17) is 5.11 Å². The van der Waals surface area contributed by atoms with Crippen LogP contribution in [-0.4, -0.2) is 43.5 Å². The van der Waals surface area contributed by atoms with Gasteiger partial charge in [-0.15, -0.1) is 5.10 Å². The summed E-state index contributed by atoms with van der Waals surface area (Å²) < 4.78 is 1.29. The quantitative estimate of drug-likeness (QED) is 0.674. The first-order valence-electron chi connectivity index (χ1n) is 6.08. The number of nitrogens with zero attached hydrogens (tertiary/aromatic N) is 3. The fourth-order valence-electron chi connectivity index (χ4n) is 1.64. The maximum atomic E-state index is 11.8. The highest BCUT2D eigenvalue weighted by Crippen LogP contribution is 1.94. The average molecular weight is 291 g/mol. The number of aromatic nitrogens is 4. The molecular formula is C12H13N5O4.